The molecular weight excluding hydrogens is 194 g/mol. The number of rotatable bonds is 5. The normalized spacial score (nSPS) is 17.0. The van der Waals surface area contributed by atoms with Crippen LogP contribution < -0.4 is 0 Å². The highest BCUT2D eigenvalue weighted by molar-refractivity contribution is 4.87. The highest BCUT2D eigenvalue weighted by atomic mass is 16.5. The van der Waals surface area contributed by atoms with Gasteiger partial charge in [0.2, 0.25) is 5.89 Å². The number of nitrogens with zero attached hydrogens (tertiary/aromatic N) is 3. The fraction of sp³-hybridized carbons (Fsp3) is 0.800. The van der Waals surface area contributed by atoms with Gasteiger partial charge in [0.15, 0.2) is 5.82 Å². The number of hydrogen-bond donors (Lipinski definition) is 1. The fourth-order valence-corrected chi connectivity index (χ4v) is 1.85. The van der Waals surface area contributed by atoms with Gasteiger partial charge in [0.05, 0.1) is 13.2 Å². The molecule has 0 saturated heterocycles. The SMILES string of the molecule is Cc1noc(CN(CCO)C2CCC2)n1. The third-order valence-electron chi connectivity index (χ3n) is 2.89. The molecule has 15 heavy (non-hydrogen) atoms. The molecule has 84 valence electrons. The van der Waals surface area contributed by atoms with E-state index in [0.29, 0.717) is 30.8 Å². The lowest BCUT2D eigenvalue weighted by atomic mass is 9.91. The van der Waals surface area contributed by atoms with Crippen LogP contribution in [0, 0.1) is 6.92 Å². The zero-order chi connectivity index (χ0) is 10.7. The number of hydrogen-bond acceptors (Lipinski definition) is 5. The average Bonchev–Trinajstić information content (AvgIpc) is 2.48. The Hall–Kier alpha value is -0.940. The largest absolute Gasteiger partial charge is 0.395 e. The zero-order valence-corrected chi connectivity index (χ0v) is 9.02. The van der Waals surface area contributed by atoms with Crippen LogP contribution >= 0.6 is 0 Å². The number of aromatic nitrogens is 2. The third kappa shape index (κ3) is 2.54. The molecule has 1 fully saturated rings. The Kier molecular flexibility index (Phi) is 3.33. The Balaban J connectivity index is 1.93. The van der Waals surface area contributed by atoms with Crippen molar-refractivity contribution in [3.8, 4) is 0 Å². The zero-order valence-electron chi connectivity index (χ0n) is 9.02. The van der Waals surface area contributed by atoms with Crippen molar-refractivity contribution in [3.63, 3.8) is 0 Å². The van der Waals surface area contributed by atoms with Crippen molar-refractivity contribution in [1.82, 2.24) is 15.0 Å². The van der Waals surface area contributed by atoms with Gasteiger partial charge < -0.3 is 9.63 Å². The molecule has 0 atom stereocenters. The van der Waals surface area contributed by atoms with Crippen LogP contribution in [0.15, 0.2) is 4.52 Å². The van der Waals surface area contributed by atoms with Gasteiger partial charge in [-0.15, -0.1) is 0 Å². The number of aliphatic hydroxyl groups is 1. The number of aryl methyl sites for hydroxylation is 1. The van der Waals surface area contributed by atoms with E-state index >= 15 is 0 Å². The minimum absolute atomic E-state index is 0.184. The first-order chi connectivity index (χ1) is 7.29. The lowest BCUT2D eigenvalue weighted by Gasteiger charge is -2.36. The molecule has 0 radical (unpaired) electrons. The molecule has 1 aliphatic carbocycles. The lowest BCUT2D eigenvalue weighted by Crippen LogP contribution is -2.41. The Morgan fingerprint density at radius 3 is 2.80 bits per heavy atom. The van der Waals surface area contributed by atoms with E-state index in [1.165, 1.54) is 19.3 Å². The van der Waals surface area contributed by atoms with Gasteiger partial charge in [0.25, 0.3) is 0 Å². The van der Waals surface area contributed by atoms with Gasteiger partial charge in [-0.05, 0) is 19.8 Å². The van der Waals surface area contributed by atoms with E-state index in [1.54, 1.807) is 0 Å². The van der Waals surface area contributed by atoms with Crippen molar-refractivity contribution in [2.24, 2.45) is 0 Å². The summed E-state index contributed by atoms with van der Waals surface area (Å²) >= 11 is 0. The molecule has 2 rings (SSSR count). The standard InChI is InChI=1S/C10H17N3O2/c1-8-11-10(15-12-8)7-13(5-6-14)9-3-2-4-9/h9,14H,2-7H2,1H3. The molecule has 1 heterocycles. The first kappa shape index (κ1) is 10.6. The minimum Gasteiger partial charge on any atom is -0.395 e. The van der Waals surface area contributed by atoms with Crippen LogP contribution in [0.3, 0.4) is 0 Å². The summed E-state index contributed by atoms with van der Waals surface area (Å²) in [5.74, 6) is 1.32. The van der Waals surface area contributed by atoms with E-state index in [9.17, 15) is 0 Å². The van der Waals surface area contributed by atoms with E-state index in [4.69, 9.17) is 9.63 Å². The third-order valence-corrected chi connectivity index (χ3v) is 2.89. The van der Waals surface area contributed by atoms with E-state index < -0.39 is 0 Å². The first-order valence-electron chi connectivity index (χ1n) is 5.43. The summed E-state index contributed by atoms with van der Waals surface area (Å²) < 4.78 is 5.08. The van der Waals surface area contributed by atoms with Crippen LogP contribution in [-0.2, 0) is 6.54 Å². The summed E-state index contributed by atoms with van der Waals surface area (Å²) in [5.41, 5.74) is 0. The number of aliphatic hydroxyl groups excluding tert-OH is 1. The molecule has 0 aliphatic heterocycles. The van der Waals surface area contributed by atoms with Crippen LogP contribution in [0.2, 0.25) is 0 Å². The highest BCUT2D eigenvalue weighted by Crippen LogP contribution is 2.25. The molecular formula is C10H17N3O2. The Morgan fingerprint density at radius 2 is 2.33 bits per heavy atom. The maximum Gasteiger partial charge on any atom is 0.240 e. The molecule has 5 heteroatoms. The Labute approximate surface area is 89.1 Å². The molecule has 0 amide bonds. The average molecular weight is 211 g/mol. The second-order valence-corrected chi connectivity index (χ2v) is 4.01. The Bertz CT molecular complexity index is 309. The van der Waals surface area contributed by atoms with Gasteiger partial charge in [-0.3, -0.25) is 4.90 Å². The maximum atomic E-state index is 8.98. The molecule has 0 aromatic carbocycles. The van der Waals surface area contributed by atoms with Crippen molar-refractivity contribution in [1.29, 1.82) is 0 Å². The van der Waals surface area contributed by atoms with Gasteiger partial charge >= 0.3 is 0 Å². The smallest absolute Gasteiger partial charge is 0.240 e. The summed E-state index contributed by atoms with van der Waals surface area (Å²) in [6.07, 6.45) is 3.72. The summed E-state index contributed by atoms with van der Waals surface area (Å²) in [4.78, 5) is 6.39. The monoisotopic (exact) mass is 211 g/mol. The molecule has 1 aliphatic rings. The first-order valence-corrected chi connectivity index (χ1v) is 5.43. The van der Waals surface area contributed by atoms with Crippen molar-refractivity contribution < 1.29 is 9.63 Å². The van der Waals surface area contributed by atoms with Gasteiger partial charge in [0.1, 0.15) is 0 Å². The van der Waals surface area contributed by atoms with Crippen molar-refractivity contribution >= 4 is 0 Å². The van der Waals surface area contributed by atoms with E-state index in [2.05, 4.69) is 15.0 Å². The second-order valence-electron chi connectivity index (χ2n) is 4.01. The lowest BCUT2D eigenvalue weighted by molar-refractivity contribution is 0.0838. The van der Waals surface area contributed by atoms with Crippen molar-refractivity contribution in [3.05, 3.63) is 11.7 Å². The van der Waals surface area contributed by atoms with Crippen LogP contribution in [0.1, 0.15) is 31.0 Å². The summed E-state index contributed by atoms with van der Waals surface area (Å²) in [6, 6.07) is 0.587. The predicted octanol–water partition coefficient (Wildman–Crippen LogP) is 0.725. The molecule has 1 aromatic heterocycles. The quantitative estimate of drug-likeness (QED) is 0.777. The van der Waals surface area contributed by atoms with Crippen LogP contribution in [0.5, 0.6) is 0 Å². The minimum atomic E-state index is 0.184. The van der Waals surface area contributed by atoms with Gasteiger partial charge in [-0.1, -0.05) is 11.6 Å². The predicted molar refractivity (Wildman–Crippen MR) is 54.2 cm³/mol. The van der Waals surface area contributed by atoms with Crippen LogP contribution in [0.4, 0.5) is 0 Å². The second kappa shape index (κ2) is 4.72. The van der Waals surface area contributed by atoms with Crippen LogP contribution in [-0.4, -0.2) is 39.3 Å². The highest BCUT2D eigenvalue weighted by Gasteiger charge is 2.25. The van der Waals surface area contributed by atoms with E-state index in [0.717, 1.165) is 0 Å². The van der Waals surface area contributed by atoms with E-state index in [-0.39, 0.29) is 6.61 Å². The van der Waals surface area contributed by atoms with Gasteiger partial charge in [-0.25, -0.2) is 0 Å². The molecule has 1 aromatic rings. The molecule has 0 unspecified atom stereocenters. The van der Waals surface area contributed by atoms with Gasteiger partial charge in [-0.2, -0.15) is 4.98 Å². The van der Waals surface area contributed by atoms with Crippen molar-refractivity contribution in [2.45, 2.75) is 38.8 Å². The van der Waals surface area contributed by atoms with Gasteiger partial charge in [0, 0.05) is 12.6 Å². The maximum absolute atomic E-state index is 8.98. The summed E-state index contributed by atoms with van der Waals surface area (Å²) in [5, 5.41) is 12.7. The molecule has 0 spiro atoms. The van der Waals surface area contributed by atoms with E-state index in [1.807, 2.05) is 6.92 Å². The van der Waals surface area contributed by atoms with Crippen LogP contribution in [0.25, 0.3) is 0 Å². The molecule has 1 N–H and O–H groups in total. The molecule has 5 nitrogen and oxygen atoms in total. The molecule has 1 saturated carbocycles. The summed E-state index contributed by atoms with van der Waals surface area (Å²) in [6.45, 7) is 3.34. The summed E-state index contributed by atoms with van der Waals surface area (Å²) in [7, 11) is 0. The Morgan fingerprint density at radius 1 is 1.53 bits per heavy atom. The van der Waals surface area contributed by atoms with Crippen molar-refractivity contribution in [2.75, 3.05) is 13.2 Å². The topological polar surface area (TPSA) is 62.4 Å². The fourth-order valence-electron chi connectivity index (χ4n) is 1.85. The molecule has 0 bridgehead atoms.